The van der Waals surface area contributed by atoms with Gasteiger partial charge in [0.25, 0.3) is 0 Å². The maximum Gasteiger partial charge on any atom is 0.432 e. The minimum absolute atomic E-state index is 0.365. The first kappa shape index (κ1) is 25.4. The number of pyridine rings is 1. The largest absolute Gasteiger partial charge is 0.463 e. The molecule has 41 heavy (non-hydrogen) atoms. The van der Waals surface area contributed by atoms with Gasteiger partial charge < -0.3 is 20.5 Å². The summed E-state index contributed by atoms with van der Waals surface area (Å²) in [6.07, 6.45) is 3.88. The van der Waals surface area contributed by atoms with E-state index in [2.05, 4.69) is 20.7 Å². The normalized spacial score (nSPS) is 11.0. The van der Waals surface area contributed by atoms with Crippen molar-refractivity contribution in [2.45, 2.75) is 13.5 Å². The summed E-state index contributed by atoms with van der Waals surface area (Å²) in [6.45, 7) is 1.95. The fraction of sp³-hybridized carbons (Fsp3) is 0.0667. The summed E-state index contributed by atoms with van der Waals surface area (Å²) in [7, 11) is 0. The number of hydrogen-bond donors (Lipinski definition) is 3. The van der Waals surface area contributed by atoms with Crippen LogP contribution < -0.4 is 15.4 Å². The Morgan fingerprint density at radius 1 is 0.951 bits per heavy atom. The molecule has 0 amide bonds. The molecule has 0 unspecified atom stereocenters. The van der Waals surface area contributed by atoms with Crippen LogP contribution in [0.4, 0.5) is 22.0 Å². The zero-order valence-corrected chi connectivity index (χ0v) is 21.8. The number of nitrogens with one attached hydrogen (secondary N) is 2. The molecule has 3 heterocycles. The number of nitrogens with zero attached hydrogens (tertiary/aromatic N) is 5. The van der Waals surface area contributed by atoms with Gasteiger partial charge in [0.1, 0.15) is 11.6 Å². The Hall–Kier alpha value is -5.84. The molecule has 0 aliphatic carbocycles. The van der Waals surface area contributed by atoms with Crippen molar-refractivity contribution in [2.75, 3.05) is 10.6 Å². The third kappa shape index (κ3) is 5.50. The van der Waals surface area contributed by atoms with Crippen molar-refractivity contribution in [3.8, 4) is 17.1 Å². The van der Waals surface area contributed by atoms with Gasteiger partial charge in [-0.3, -0.25) is 9.78 Å². The average Bonchev–Trinajstić information content (AvgIpc) is 3.40. The zero-order chi connectivity index (χ0) is 28.3. The molecule has 0 fully saturated rings. The highest BCUT2D eigenvalue weighted by Crippen LogP contribution is 2.32. The maximum absolute atomic E-state index is 11.6. The van der Waals surface area contributed by atoms with Crippen LogP contribution in [0.5, 0.6) is 5.75 Å². The van der Waals surface area contributed by atoms with Crippen molar-refractivity contribution in [2.24, 2.45) is 0 Å². The molecule has 6 aromatic rings. The fourth-order valence-electron chi connectivity index (χ4n) is 4.44. The van der Waals surface area contributed by atoms with Gasteiger partial charge in [0.05, 0.1) is 17.2 Å². The van der Waals surface area contributed by atoms with Crippen molar-refractivity contribution < 1.29 is 19.4 Å². The second-order valence-corrected chi connectivity index (χ2v) is 9.20. The number of benzene rings is 3. The first-order chi connectivity index (χ1) is 19.9. The average molecular weight is 546 g/mol. The molecule has 202 valence electrons. The molecular weight excluding hydrogens is 522 g/mol. The number of fused-ring (bicyclic) bond motifs is 2. The van der Waals surface area contributed by atoms with E-state index in [1.54, 1.807) is 42.6 Å². The molecule has 0 bridgehead atoms. The smallest absolute Gasteiger partial charge is 0.432 e. The number of esters is 1. The molecule has 11 nitrogen and oxygen atoms in total. The molecule has 0 radical (unpaired) electrons. The molecule has 3 N–H and O–H groups in total. The zero-order valence-electron chi connectivity index (χ0n) is 21.8. The molecule has 11 heteroatoms. The third-order valence-electron chi connectivity index (χ3n) is 6.28. The first-order valence-electron chi connectivity index (χ1n) is 12.6. The van der Waals surface area contributed by atoms with Crippen LogP contribution in [-0.2, 0) is 11.3 Å². The van der Waals surface area contributed by atoms with E-state index in [0.717, 1.165) is 21.5 Å². The molecule has 3 aromatic carbocycles. The second kappa shape index (κ2) is 10.7. The second-order valence-electron chi connectivity index (χ2n) is 9.20. The molecule has 3 aromatic heterocycles. The van der Waals surface area contributed by atoms with Crippen molar-refractivity contribution in [1.82, 2.24) is 24.7 Å². The van der Waals surface area contributed by atoms with Gasteiger partial charge in [0.15, 0.2) is 5.82 Å². The van der Waals surface area contributed by atoms with Gasteiger partial charge >= 0.3 is 12.1 Å². The predicted octanol–water partition coefficient (Wildman–Crippen LogP) is 5.85. The van der Waals surface area contributed by atoms with Crippen molar-refractivity contribution in [3.05, 3.63) is 97.0 Å². The van der Waals surface area contributed by atoms with Crippen LogP contribution in [0.1, 0.15) is 12.5 Å². The highest BCUT2D eigenvalue weighted by atomic mass is 16.5. The summed E-state index contributed by atoms with van der Waals surface area (Å²) in [5.74, 6) is 0.903. The first-order valence-corrected chi connectivity index (χ1v) is 12.6. The minimum Gasteiger partial charge on any atom is -0.463 e. The monoisotopic (exact) mass is 545 g/mol. The summed E-state index contributed by atoms with van der Waals surface area (Å²) in [4.78, 5) is 36.8. The molecule has 6 rings (SSSR count). The van der Waals surface area contributed by atoms with Gasteiger partial charge in [-0.1, -0.05) is 18.2 Å². The SMILES string of the molecule is CC(=O)Oc1ccc2nc(-c3cccc(NCc4cccnc4)c3)nc(Nc3ccc4c(cnn4C(=O)O)c3)c2c1. The molecule has 0 aliphatic heterocycles. The maximum atomic E-state index is 11.6. The number of carbonyl (C=O) groups excluding carboxylic acids is 1. The van der Waals surface area contributed by atoms with E-state index in [-0.39, 0.29) is 0 Å². The summed E-state index contributed by atoms with van der Waals surface area (Å²) in [6, 6.07) is 22.1. The van der Waals surface area contributed by atoms with E-state index in [0.29, 0.717) is 51.4 Å². The lowest BCUT2D eigenvalue weighted by atomic mass is 10.1. The van der Waals surface area contributed by atoms with E-state index in [4.69, 9.17) is 14.7 Å². The van der Waals surface area contributed by atoms with E-state index < -0.39 is 12.1 Å². The quantitative estimate of drug-likeness (QED) is 0.165. The lowest BCUT2D eigenvalue weighted by Gasteiger charge is -2.13. The number of ether oxygens (including phenoxy) is 1. The number of aromatic nitrogens is 5. The Balaban J connectivity index is 1.38. The number of hydrogen-bond acceptors (Lipinski definition) is 9. The van der Waals surface area contributed by atoms with E-state index in [1.807, 2.05) is 42.6 Å². The van der Waals surface area contributed by atoms with Crippen LogP contribution in [0.15, 0.2) is 91.4 Å². The van der Waals surface area contributed by atoms with Crippen LogP contribution in [0.25, 0.3) is 33.2 Å². The number of carbonyl (C=O) groups is 2. The highest BCUT2D eigenvalue weighted by molar-refractivity contribution is 5.95. The van der Waals surface area contributed by atoms with Gasteiger partial charge in [-0.05, 0) is 60.2 Å². The summed E-state index contributed by atoms with van der Waals surface area (Å²) in [5, 5.41) is 21.3. The molecular formula is C30H23N7O4. The molecule has 0 spiro atoms. The molecule has 0 saturated heterocycles. The molecule has 0 saturated carbocycles. The van der Waals surface area contributed by atoms with Crippen LogP contribution in [0.2, 0.25) is 0 Å². The lowest BCUT2D eigenvalue weighted by molar-refractivity contribution is -0.131. The summed E-state index contributed by atoms with van der Waals surface area (Å²) in [5.41, 5.74) is 4.52. The number of carboxylic acid groups (broad SMARTS) is 1. The third-order valence-corrected chi connectivity index (χ3v) is 6.28. The Bertz CT molecular complexity index is 1920. The lowest BCUT2D eigenvalue weighted by Crippen LogP contribution is -2.08. The Morgan fingerprint density at radius 3 is 2.66 bits per heavy atom. The van der Waals surface area contributed by atoms with Crippen molar-refractivity contribution in [3.63, 3.8) is 0 Å². The Labute approximate surface area is 233 Å². The topological polar surface area (TPSA) is 144 Å². The fourth-order valence-corrected chi connectivity index (χ4v) is 4.44. The van der Waals surface area contributed by atoms with E-state index in [1.165, 1.54) is 13.1 Å². The number of rotatable bonds is 7. The summed E-state index contributed by atoms with van der Waals surface area (Å²) >= 11 is 0. The highest BCUT2D eigenvalue weighted by Gasteiger charge is 2.14. The van der Waals surface area contributed by atoms with Gasteiger partial charge in [0.2, 0.25) is 0 Å². The van der Waals surface area contributed by atoms with Crippen molar-refractivity contribution in [1.29, 1.82) is 0 Å². The van der Waals surface area contributed by atoms with Gasteiger partial charge in [-0.25, -0.2) is 14.8 Å². The van der Waals surface area contributed by atoms with Crippen LogP contribution in [0, 0.1) is 0 Å². The van der Waals surface area contributed by atoms with E-state index in [9.17, 15) is 14.7 Å². The van der Waals surface area contributed by atoms with E-state index >= 15 is 0 Å². The van der Waals surface area contributed by atoms with Gasteiger partial charge in [0, 0.05) is 53.6 Å². The van der Waals surface area contributed by atoms with Crippen LogP contribution in [-0.4, -0.2) is 41.9 Å². The molecule has 0 atom stereocenters. The minimum atomic E-state index is -1.16. The number of anilines is 3. The Morgan fingerprint density at radius 2 is 1.85 bits per heavy atom. The summed E-state index contributed by atoms with van der Waals surface area (Å²) < 4.78 is 6.22. The van der Waals surface area contributed by atoms with Gasteiger partial charge in [-0.2, -0.15) is 9.78 Å². The van der Waals surface area contributed by atoms with Crippen LogP contribution in [0.3, 0.4) is 0 Å². The molecule has 0 aliphatic rings. The van der Waals surface area contributed by atoms with Crippen molar-refractivity contribution >= 4 is 51.1 Å². The predicted molar refractivity (Wildman–Crippen MR) is 154 cm³/mol. The van der Waals surface area contributed by atoms with Gasteiger partial charge in [-0.15, -0.1) is 0 Å². The Kier molecular flexibility index (Phi) is 6.66. The van der Waals surface area contributed by atoms with Crippen LogP contribution >= 0.6 is 0 Å². The standard InChI is InChI=1S/C30H23N7O4/c1-18(38)41-24-8-9-26-25(14-24)29(34-23-7-10-27-21(13-23)17-33-37(27)30(39)40)36-28(35-26)20-5-2-6-22(12-20)32-16-19-4-3-11-31-15-19/h2-15,17,32H,16H2,1H3,(H,39,40)(H,34,35,36).